The fraction of sp³-hybridized carbons (Fsp3) is 1.00. The average Bonchev–Trinajstić information content (AvgIpc) is 2.34. The summed E-state index contributed by atoms with van der Waals surface area (Å²) >= 11 is 0. The van der Waals surface area contributed by atoms with E-state index in [-0.39, 0.29) is 0 Å². The molecule has 0 amide bonds. The molecule has 0 aromatic carbocycles. The van der Waals surface area contributed by atoms with Crippen molar-refractivity contribution in [3.63, 3.8) is 0 Å². The van der Waals surface area contributed by atoms with Crippen LogP contribution in [0.1, 0.15) is 39.5 Å². The number of morpholine rings is 1. The van der Waals surface area contributed by atoms with Crippen LogP contribution in [0.2, 0.25) is 0 Å². The zero-order chi connectivity index (χ0) is 12.1. The molecule has 17 heavy (non-hydrogen) atoms. The lowest BCUT2D eigenvalue weighted by Crippen LogP contribution is -2.54. The maximum atomic E-state index is 5.89. The lowest BCUT2D eigenvalue weighted by Gasteiger charge is -2.43. The SMILES string of the molecule is CC(C)CNCCN1CCOC2CCCCC21. The Labute approximate surface area is 106 Å². The highest BCUT2D eigenvalue weighted by Crippen LogP contribution is 2.27. The Morgan fingerprint density at radius 1 is 1.29 bits per heavy atom. The molecule has 2 atom stereocenters. The van der Waals surface area contributed by atoms with Crippen molar-refractivity contribution >= 4 is 0 Å². The van der Waals surface area contributed by atoms with E-state index in [0.717, 1.165) is 32.2 Å². The number of nitrogens with zero attached hydrogens (tertiary/aromatic N) is 1. The quantitative estimate of drug-likeness (QED) is 0.743. The van der Waals surface area contributed by atoms with Crippen LogP contribution >= 0.6 is 0 Å². The summed E-state index contributed by atoms with van der Waals surface area (Å²) in [6, 6.07) is 0.707. The monoisotopic (exact) mass is 240 g/mol. The van der Waals surface area contributed by atoms with Gasteiger partial charge in [0.05, 0.1) is 12.7 Å². The molecule has 3 nitrogen and oxygen atoms in total. The van der Waals surface area contributed by atoms with Crippen molar-refractivity contribution in [3.05, 3.63) is 0 Å². The normalized spacial score (nSPS) is 30.5. The predicted octanol–water partition coefficient (Wildman–Crippen LogP) is 1.88. The summed E-state index contributed by atoms with van der Waals surface area (Å²) in [5.41, 5.74) is 0. The van der Waals surface area contributed by atoms with Gasteiger partial charge < -0.3 is 10.1 Å². The molecule has 100 valence electrons. The molecule has 1 N–H and O–H groups in total. The topological polar surface area (TPSA) is 24.5 Å². The van der Waals surface area contributed by atoms with Crippen LogP contribution in [0, 0.1) is 5.92 Å². The third kappa shape index (κ3) is 3.94. The van der Waals surface area contributed by atoms with Crippen molar-refractivity contribution in [2.24, 2.45) is 5.92 Å². The van der Waals surface area contributed by atoms with Gasteiger partial charge in [-0.25, -0.2) is 0 Å². The van der Waals surface area contributed by atoms with E-state index in [1.165, 1.54) is 32.2 Å². The molecule has 2 fully saturated rings. The first kappa shape index (κ1) is 13.3. The molecular weight excluding hydrogens is 212 g/mol. The van der Waals surface area contributed by atoms with Gasteiger partial charge in [0.1, 0.15) is 0 Å². The summed E-state index contributed by atoms with van der Waals surface area (Å²) < 4.78 is 5.89. The lowest BCUT2D eigenvalue weighted by atomic mass is 9.90. The van der Waals surface area contributed by atoms with Crippen molar-refractivity contribution < 1.29 is 4.74 Å². The zero-order valence-electron chi connectivity index (χ0n) is 11.5. The molecule has 0 aromatic heterocycles. The second kappa shape index (κ2) is 6.72. The molecule has 3 heteroatoms. The van der Waals surface area contributed by atoms with Gasteiger partial charge in [-0.2, -0.15) is 0 Å². The van der Waals surface area contributed by atoms with Crippen LogP contribution in [0.5, 0.6) is 0 Å². The summed E-state index contributed by atoms with van der Waals surface area (Å²) in [5.74, 6) is 0.752. The molecular formula is C14H28N2O. The average molecular weight is 240 g/mol. The first-order valence-corrected chi connectivity index (χ1v) is 7.33. The van der Waals surface area contributed by atoms with Gasteiger partial charge in [0.15, 0.2) is 0 Å². The number of ether oxygens (including phenoxy) is 1. The molecule has 1 saturated carbocycles. The van der Waals surface area contributed by atoms with Gasteiger partial charge in [-0.1, -0.05) is 26.7 Å². The highest BCUT2D eigenvalue weighted by atomic mass is 16.5. The minimum atomic E-state index is 0.530. The Morgan fingerprint density at radius 3 is 2.94 bits per heavy atom. The molecule has 0 bridgehead atoms. The van der Waals surface area contributed by atoms with Gasteiger partial charge in [-0.05, 0) is 25.3 Å². The number of nitrogens with one attached hydrogen (secondary N) is 1. The number of rotatable bonds is 5. The Morgan fingerprint density at radius 2 is 2.12 bits per heavy atom. The minimum absolute atomic E-state index is 0.530. The van der Waals surface area contributed by atoms with E-state index in [1.807, 2.05) is 0 Å². The van der Waals surface area contributed by atoms with Crippen molar-refractivity contribution in [2.45, 2.75) is 51.7 Å². The van der Waals surface area contributed by atoms with Crippen LogP contribution in [0.25, 0.3) is 0 Å². The second-order valence-electron chi connectivity index (χ2n) is 5.89. The van der Waals surface area contributed by atoms with E-state index in [4.69, 9.17) is 4.74 Å². The molecule has 2 aliphatic rings. The zero-order valence-corrected chi connectivity index (χ0v) is 11.5. The fourth-order valence-electron chi connectivity index (χ4n) is 3.07. The summed E-state index contributed by atoms with van der Waals surface area (Å²) in [6.45, 7) is 10.0. The number of fused-ring (bicyclic) bond motifs is 1. The predicted molar refractivity (Wildman–Crippen MR) is 71.3 cm³/mol. The van der Waals surface area contributed by atoms with Crippen LogP contribution in [-0.4, -0.2) is 49.8 Å². The van der Waals surface area contributed by atoms with Crippen molar-refractivity contribution in [1.29, 1.82) is 0 Å². The fourth-order valence-corrected chi connectivity index (χ4v) is 3.07. The molecule has 0 spiro atoms. The van der Waals surface area contributed by atoms with E-state index in [2.05, 4.69) is 24.1 Å². The van der Waals surface area contributed by atoms with Crippen molar-refractivity contribution in [2.75, 3.05) is 32.8 Å². The van der Waals surface area contributed by atoms with Crippen LogP contribution in [0.15, 0.2) is 0 Å². The van der Waals surface area contributed by atoms with Gasteiger partial charge >= 0.3 is 0 Å². The second-order valence-corrected chi connectivity index (χ2v) is 5.89. The van der Waals surface area contributed by atoms with Gasteiger partial charge in [0.2, 0.25) is 0 Å². The number of hydrogen-bond donors (Lipinski definition) is 1. The molecule has 0 aromatic rings. The summed E-state index contributed by atoms with van der Waals surface area (Å²) in [4.78, 5) is 2.65. The highest BCUT2D eigenvalue weighted by molar-refractivity contribution is 4.87. The van der Waals surface area contributed by atoms with Gasteiger partial charge in [0, 0.05) is 25.7 Å². The minimum Gasteiger partial charge on any atom is -0.375 e. The van der Waals surface area contributed by atoms with E-state index in [9.17, 15) is 0 Å². The molecule has 1 aliphatic carbocycles. The molecule has 1 heterocycles. The molecule has 1 saturated heterocycles. The largest absolute Gasteiger partial charge is 0.375 e. The standard InChI is InChI=1S/C14H28N2O/c1-12(2)11-15-7-8-16-9-10-17-14-6-4-3-5-13(14)16/h12-15H,3-11H2,1-2H3. The molecule has 1 aliphatic heterocycles. The lowest BCUT2D eigenvalue weighted by molar-refractivity contribution is -0.0873. The highest BCUT2D eigenvalue weighted by Gasteiger charge is 2.33. The molecule has 2 rings (SSSR count). The van der Waals surface area contributed by atoms with Crippen LogP contribution in [-0.2, 0) is 4.74 Å². The van der Waals surface area contributed by atoms with Gasteiger partial charge in [-0.3, -0.25) is 4.90 Å². The van der Waals surface area contributed by atoms with E-state index in [1.54, 1.807) is 0 Å². The van der Waals surface area contributed by atoms with E-state index >= 15 is 0 Å². The first-order valence-electron chi connectivity index (χ1n) is 7.33. The summed E-state index contributed by atoms with van der Waals surface area (Å²) in [6.07, 6.45) is 5.90. The van der Waals surface area contributed by atoms with Crippen molar-refractivity contribution in [1.82, 2.24) is 10.2 Å². The Balaban J connectivity index is 1.71. The van der Waals surface area contributed by atoms with Crippen LogP contribution in [0.4, 0.5) is 0 Å². The maximum absolute atomic E-state index is 5.89. The Bertz CT molecular complexity index is 218. The van der Waals surface area contributed by atoms with E-state index in [0.29, 0.717) is 12.1 Å². The smallest absolute Gasteiger partial charge is 0.0730 e. The Hall–Kier alpha value is -0.120. The number of hydrogen-bond acceptors (Lipinski definition) is 3. The van der Waals surface area contributed by atoms with E-state index < -0.39 is 0 Å². The Kier molecular flexibility index (Phi) is 5.26. The van der Waals surface area contributed by atoms with Crippen LogP contribution in [0.3, 0.4) is 0 Å². The van der Waals surface area contributed by atoms with Gasteiger partial charge in [0.25, 0.3) is 0 Å². The summed E-state index contributed by atoms with van der Waals surface area (Å²) in [5, 5.41) is 3.55. The van der Waals surface area contributed by atoms with Crippen molar-refractivity contribution in [3.8, 4) is 0 Å². The molecule has 2 unspecified atom stereocenters. The van der Waals surface area contributed by atoms with Gasteiger partial charge in [-0.15, -0.1) is 0 Å². The summed E-state index contributed by atoms with van der Waals surface area (Å²) in [7, 11) is 0. The molecule has 0 radical (unpaired) electrons. The first-order chi connectivity index (χ1) is 8.27. The van der Waals surface area contributed by atoms with Crippen LogP contribution < -0.4 is 5.32 Å². The third-order valence-electron chi connectivity index (χ3n) is 3.98. The third-order valence-corrected chi connectivity index (χ3v) is 3.98. The maximum Gasteiger partial charge on any atom is 0.0730 e.